The average molecular weight is 448 g/mol. The van der Waals surface area contributed by atoms with E-state index in [-0.39, 0.29) is 24.5 Å². The van der Waals surface area contributed by atoms with Crippen molar-refractivity contribution >= 4 is 5.91 Å². The maximum Gasteiger partial charge on any atom is 0.217 e. The van der Waals surface area contributed by atoms with Gasteiger partial charge >= 0.3 is 0 Å². The number of nitrogens with two attached hydrogens (primary N) is 1. The van der Waals surface area contributed by atoms with Crippen molar-refractivity contribution in [3.8, 4) is 11.5 Å². The molecule has 1 heterocycles. The lowest BCUT2D eigenvalue weighted by molar-refractivity contribution is -0.119. The number of amides is 1. The Labute approximate surface area is 187 Å². The van der Waals surface area contributed by atoms with Gasteiger partial charge in [0, 0.05) is 49.6 Å². The van der Waals surface area contributed by atoms with Crippen molar-refractivity contribution in [2.45, 2.75) is 57.8 Å². The van der Waals surface area contributed by atoms with Crippen molar-refractivity contribution in [1.82, 2.24) is 10.6 Å². The van der Waals surface area contributed by atoms with Crippen molar-refractivity contribution in [2.75, 3.05) is 13.2 Å². The molecule has 0 aliphatic carbocycles. The Morgan fingerprint density at radius 3 is 2.59 bits per heavy atom. The Hall–Kier alpha value is -2.71. The molecule has 0 bridgehead atoms. The molecule has 2 aromatic rings. The number of carbonyl (C=O) groups is 1. The number of nitrogens with one attached hydrogen (secondary N) is 2. The van der Waals surface area contributed by atoms with Crippen LogP contribution in [0.2, 0.25) is 0 Å². The molecule has 1 aliphatic rings. The van der Waals surface area contributed by atoms with Crippen molar-refractivity contribution in [3.63, 3.8) is 0 Å². The number of halogens is 2. The molecule has 3 atom stereocenters. The topological polar surface area (TPSA) is 85.6 Å². The van der Waals surface area contributed by atoms with E-state index in [1.165, 1.54) is 19.1 Å². The zero-order valence-electron chi connectivity index (χ0n) is 18.7. The fourth-order valence-electron chi connectivity index (χ4n) is 3.90. The molecule has 0 unspecified atom stereocenters. The molecule has 4 N–H and O–H groups in total. The smallest absolute Gasteiger partial charge is 0.217 e. The van der Waals surface area contributed by atoms with Crippen molar-refractivity contribution in [2.24, 2.45) is 5.73 Å². The summed E-state index contributed by atoms with van der Waals surface area (Å²) in [5, 5.41) is 6.27. The minimum absolute atomic E-state index is 0.00473. The fourth-order valence-corrected chi connectivity index (χ4v) is 3.90. The second-order valence-electron chi connectivity index (χ2n) is 8.42. The largest absolute Gasteiger partial charge is 0.493 e. The normalized spacial score (nSPS) is 17.3. The highest BCUT2D eigenvalue weighted by molar-refractivity contribution is 5.73. The molecular formula is C24H31F2N3O3. The molecule has 0 spiro atoms. The van der Waals surface area contributed by atoms with Crippen LogP contribution < -0.4 is 25.8 Å². The van der Waals surface area contributed by atoms with Gasteiger partial charge in [0.1, 0.15) is 23.1 Å². The lowest BCUT2D eigenvalue weighted by atomic mass is 9.97. The van der Waals surface area contributed by atoms with Gasteiger partial charge in [0.25, 0.3) is 0 Å². The van der Waals surface area contributed by atoms with Crippen LogP contribution >= 0.6 is 0 Å². The van der Waals surface area contributed by atoms with Crippen LogP contribution in [0, 0.1) is 11.6 Å². The van der Waals surface area contributed by atoms with Gasteiger partial charge in [-0.2, -0.15) is 0 Å². The zero-order valence-corrected chi connectivity index (χ0v) is 18.7. The molecule has 3 rings (SSSR count). The molecule has 174 valence electrons. The summed E-state index contributed by atoms with van der Waals surface area (Å²) in [6.07, 6.45) is 1.03. The van der Waals surface area contributed by atoms with E-state index in [1.807, 2.05) is 32.0 Å². The van der Waals surface area contributed by atoms with Crippen LogP contribution in [0.15, 0.2) is 36.4 Å². The Balaban J connectivity index is 1.69. The first-order chi connectivity index (χ1) is 15.2. The second kappa shape index (κ2) is 10.7. The SMILES string of the molecule is CC(=O)N[C@@H](Cc1cc(F)cc(F)c1)[C@@H](N)CN[C@H]1CCOc2ccc(OC(C)C)cc21. The zero-order chi connectivity index (χ0) is 23.3. The maximum absolute atomic E-state index is 13.6. The minimum Gasteiger partial charge on any atom is -0.493 e. The summed E-state index contributed by atoms with van der Waals surface area (Å²) in [7, 11) is 0. The molecule has 0 aromatic heterocycles. The third kappa shape index (κ3) is 6.64. The van der Waals surface area contributed by atoms with Gasteiger partial charge in [0.05, 0.1) is 12.7 Å². The number of ether oxygens (including phenoxy) is 2. The number of fused-ring (bicyclic) bond motifs is 1. The highest BCUT2D eigenvalue weighted by Crippen LogP contribution is 2.35. The molecule has 0 saturated heterocycles. The van der Waals surface area contributed by atoms with E-state index in [0.29, 0.717) is 18.7 Å². The molecular weight excluding hydrogens is 416 g/mol. The monoisotopic (exact) mass is 447 g/mol. The van der Waals surface area contributed by atoms with Crippen LogP contribution in [-0.4, -0.2) is 37.2 Å². The molecule has 0 fully saturated rings. The number of hydrogen-bond acceptors (Lipinski definition) is 5. The molecule has 0 radical (unpaired) electrons. The van der Waals surface area contributed by atoms with Gasteiger partial charge < -0.3 is 25.8 Å². The summed E-state index contributed by atoms with van der Waals surface area (Å²) in [6, 6.07) is 8.12. The van der Waals surface area contributed by atoms with E-state index in [1.54, 1.807) is 0 Å². The first kappa shape index (κ1) is 23.9. The molecule has 0 saturated carbocycles. The van der Waals surface area contributed by atoms with Gasteiger partial charge in [-0.25, -0.2) is 8.78 Å². The van der Waals surface area contributed by atoms with E-state index < -0.39 is 23.7 Å². The molecule has 1 aliphatic heterocycles. The number of benzene rings is 2. The minimum atomic E-state index is -0.661. The van der Waals surface area contributed by atoms with Crippen LogP contribution in [0.5, 0.6) is 11.5 Å². The van der Waals surface area contributed by atoms with Gasteiger partial charge in [0.15, 0.2) is 0 Å². The highest BCUT2D eigenvalue weighted by atomic mass is 19.1. The first-order valence-corrected chi connectivity index (χ1v) is 10.9. The van der Waals surface area contributed by atoms with Gasteiger partial charge in [-0.3, -0.25) is 4.79 Å². The number of carbonyl (C=O) groups excluding carboxylic acids is 1. The van der Waals surface area contributed by atoms with E-state index in [9.17, 15) is 13.6 Å². The molecule has 32 heavy (non-hydrogen) atoms. The third-order valence-corrected chi connectivity index (χ3v) is 5.28. The van der Waals surface area contributed by atoms with Gasteiger partial charge in [-0.15, -0.1) is 0 Å². The second-order valence-corrected chi connectivity index (χ2v) is 8.42. The molecule has 6 nitrogen and oxygen atoms in total. The standard InChI is InChI=1S/C24H31F2N3O3/c1-14(2)32-19-4-5-24-20(12-19)22(6-7-31-24)28-13-21(27)23(29-15(3)30)10-16-8-17(25)11-18(26)9-16/h4-5,8-9,11-12,14,21-23,28H,6-7,10,13,27H2,1-3H3,(H,29,30)/t21-,22-,23-/m0/s1. The van der Waals surface area contributed by atoms with E-state index >= 15 is 0 Å². The Kier molecular flexibility index (Phi) is 8.04. The molecule has 1 amide bonds. The Morgan fingerprint density at radius 2 is 1.94 bits per heavy atom. The molecule has 2 aromatic carbocycles. The predicted molar refractivity (Wildman–Crippen MR) is 119 cm³/mol. The van der Waals surface area contributed by atoms with E-state index in [0.717, 1.165) is 29.5 Å². The van der Waals surface area contributed by atoms with E-state index in [4.69, 9.17) is 15.2 Å². The summed E-state index contributed by atoms with van der Waals surface area (Å²) in [6.45, 7) is 6.29. The van der Waals surface area contributed by atoms with Crippen LogP contribution in [0.25, 0.3) is 0 Å². The summed E-state index contributed by atoms with van der Waals surface area (Å²) in [4.78, 5) is 11.7. The van der Waals surface area contributed by atoms with Crippen LogP contribution in [0.3, 0.4) is 0 Å². The lowest BCUT2D eigenvalue weighted by Gasteiger charge is -2.31. The summed E-state index contributed by atoms with van der Waals surface area (Å²) in [5.41, 5.74) is 7.83. The first-order valence-electron chi connectivity index (χ1n) is 10.9. The van der Waals surface area contributed by atoms with Crippen LogP contribution in [0.4, 0.5) is 8.78 Å². The summed E-state index contributed by atoms with van der Waals surface area (Å²) >= 11 is 0. The van der Waals surface area contributed by atoms with Gasteiger partial charge in [0.2, 0.25) is 5.91 Å². The maximum atomic E-state index is 13.6. The van der Waals surface area contributed by atoms with Gasteiger partial charge in [-0.05, 0) is 56.2 Å². The summed E-state index contributed by atoms with van der Waals surface area (Å²) < 4.78 is 38.8. The Bertz CT molecular complexity index is 918. The predicted octanol–water partition coefficient (Wildman–Crippen LogP) is 3.24. The van der Waals surface area contributed by atoms with Gasteiger partial charge in [-0.1, -0.05) is 0 Å². The van der Waals surface area contributed by atoms with E-state index in [2.05, 4.69) is 10.6 Å². The Morgan fingerprint density at radius 1 is 1.22 bits per heavy atom. The lowest BCUT2D eigenvalue weighted by Crippen LogP contribution is -2.53. The molecule has 8 heteroatoms. The fraction of sp³-hybridized carbons (Fsp3) is 0.458. The van der Waals surface area contributed by atoms with Crippen LogP contribution in [0.1, 0.15) is 44.4 Å². The van der Waals surface area contributed by atoms with Crippen LogP contribution in [-0.2, 0) is 11.2 Å². The van der Waals surface area contributed by atoms with Crippen molar-refractivity contribution < 1.29 is 23.0 Å². The van der Waals surface area contributed by atoms with Crippen molar-refractivity contribution in [1.29, 1.82) is 0 Å². The third-order valence-electron chi connectivity index (χ3n) is 5.28. The van der Waals surface area contributed by atoms with Crippen molar-refractivity contribution in [3.05, 3.63) is 59.2 Å². The quantitative estimate of drug-likeness (QED) is 0.550. The number of hydrogen-bond donors (Lipinski definition) is 3. The average Bonchev–Trinajstić information content (AvgIpc) is 2.70. The highest BCUT2D eigenvalue weighted by Gasteiger charge is 2.25. The number of rotatable bonds is 9. The summed E-state index contributed by atoms with van der Waals surface area (Å²) in [5.74, 6) is -0.0103.